The van der Waals surface area contributed by atoms with Gasteiger partial charge in [-0.25, -0.2) is 4.39 Å². The zero-order valence-electron chi connectivity index (χ0n) is 10.6. The first-order valence-electron chi connectivity index (χ1n) is 6.40. The van der Waals surface area contributed by atoms with E-state index in [1.807, 2.05) is 6.92 Å². The van der Waals surface area contributed by atoms with Crippen LogP contribution in [0.25, 0.3) is 0 Å². The zero-order chi connectivity index (χ0) is 13.1. The lowest BCUT2D eigenvalue weighted by atomic mass is 9.93. The van der Waals surface area contributed by atoms with Crippen molar-refractivity contribution in [2.24, 2.45) is 5.92 Å². The minimum Gasteiger partial charge on any atom is -0.393 e. The van der Waals surface area contributed by atoms with Crippen LogP contribution in [0.2, 0.25) is 5.02 Å². The standard InChI is InChI=1S/C14H19ClFNO/c1-10(18)11-3-2-6-17(8-11)9-12-4-5-13(15)7-14(12)16/h4-5,7,10-11,18H,2-3,6,8-9H2,1H3. The summed E-state index contributed by atoms with van der Waals surface area (Å²) < 4.78 is 13.7. The molecule has 1 aromatic rings. The fourth-order valence-corrected chi connectivity index (χ4v) is 2.68. The molecular weight excluding hydrogens is 253 g/mol. The Labute approximate surface area is 112 Å². The smallest absolute Gasteiger partial charge is 0.129 e. The zero-order valence-corrected chi connectivity index (χ0v) is 11.3. The SMILES string of the molecule is CC(O)C1CCCN(Cc2ccc(Cl)cc2F)C1. The molecule has 1 saturated heterocycles. The topological polar surface area (TPSA) is 23.5 Å². The summed E-state index contributed by atoms with van der Waals surface area (Å²) >= 11 is 5.74. The van der Waals surface area contributed by atoms with E-state index >= 15 is 0 Å². The summed E-state index contributed by atoms with van der Waals surface area (Å²) in [4.78, 5) is 2.20. The van der Waals surface area contributed by atoms with Crippen LogP contribution in [0.5, 0.6) is 0 Å². The Morgan fingerprint density at radius 2 is 2.33 bits per heavy atom. The monoisotopic (exact) mass is 271 g/mol. The summed E-state index contributed by atoms with van der Waals surface area (Å²) in [5.41, 5.74) is 0.672. The largest absolute Gasteiger partial charge is 0.393 e. The normalized spacial score (nSPS) is 23.0. The summed E-state index contributed by atoms with van der Waals surface area (Å²) in [5.74, 6) is 0.0516. The molecule has 4 heteroatoms. The minimum atomic E-state index is -0.289. The molecule has 1 aromatic carbocycles. The van der Waals surface area contributed by atoms with E-state index in [4.69, 9.17) is 11.6 Å². The average Bonchev–Trinajstić information content (AvgIpc) is 2.33. The highest BCUT2D eigenvalue weighted by Gasteiger charge is 2.23. The van der Waals surface area contributed by atoms with Gasteiger partial charge in [0.05, 0.1) is 6.10 Å². The van der Waals surface area contributed by atoms with Crippen LogP contribution in [0.3, 0.4) is 0 Å². The number of nitrogens with zero attached hydrogens (tertiary/aromatic N) is 1. The van der Waals surface area contributed by atoms with Crippen molar-refractivity contribution in [2.45, 2.75) is 32.4 Å². The molecule has 1 aliphatic rings. The van der Waals surface area contributed by atoms with Gasteiger partial charge in [-0.3, -0.25) is 4.90 Å². The molecule has 1 aliphatic heterocycles. The Hall–Kier alpha value is -0.640. The van der Waals surface area contributed by atoms with Crippen molar-refractivity contribution in [3.8, 4) is 0 Å². The third kappa shape index (κ3) is 3.44. The fraction of sp³-hybridized carbons (Fsp3) is 0.571. The molecule has 0 radical (unpaired) electrons. The van der Waals surface area contributed by atoms with Crippen molar-refractivity contribution in [2.75, 3.05) is 13.1 Å². The van der Waals surface area contributed by atoms with Crippen molar-refractivity contribution >= 4 is 11.6 Å². The molecule has 2 atom stereocenters. The molecular formula is C14H19ClFNO. The Balaban J connectivity index is 2.00. The summed E-state index contributed by atoms with van der Waals surface area (Å²) in [6.07, 6.45) is 1.82. The van der Waals surface area contributed by atoms with Gasteiger partial charge in [-0.05, 0) is 44.4 Å². The number of piperidine rings is 1. The van der Waals surface area contributed by atoms with Crippen LogP contribution < -0.4 is 0 Å². The molecule has 1 fully saturated rings. The molecule has 2 unspecified atom stereocenters. The highest BCUT2D eigenvalue weighted by molar-refractivity contribution is 6.30. The molecule has 0 aliphatic carbocycles. The Bertz CT molecular complexity index is 411. The Morgan fingerprint density at radius 3 is 3.00 bits per heavy atom. The maximum Gasteiger partial charge on any atom is 0.129 e. The maximum absolute atomic E-state index is 13.7. The average molecular weight is 272 g/mol. The second-order valence-corrected chi connectivity index (χ2v) is 5.55. The first-order valence-corrected chi connectivity index (χ1v) is 6.78. The number of rotatable bonds is 3. The third-order valence-electron chi connectivity index (χ3n) is 3.63. The van der Waals surface area contributed by atoms with Gasteiger partial charge in [0.15, 0.2) is 0 Å². The van der Waals surface area contributed by atoms with Crippen LogP contribution >= 0.6 is 11.6 Å². The van der Waals surface area contributed by atoms with Crippen LogP contribution in [-0.2, 0) is 6.54 Å². The van der Waals surface area contributed by atoms with Crippen LogP contribution in [0.15, 0.2) is 18.2 Å². The third-order valence-corrected chi connectivity index (χ3v) is 3.87. The number of halogens is 2. The lowest BCUT2D eigenvalue weighted by Crippen LogP contribution is -2.39. The Kier molecular flexibility index (Phi) is 4.60. The van der Waals surface area contributed by atoms with Gasteiger partial charge >= 0.3 is 0 Å². The predicted molar refractivity (Wildman–Crippen MR) is 71.1 cm³/mol. The minimum absolute atomic E-state index is 0.248. The van der Waals surface area contributed by atoms with Crippen molar-refractivity contribution in [3.05, 3.63) is 34.6 Å². The number of aliphatic hydroxyl groups excluding tert-OH is 1. The van der Waals surface area contributed by atoms with Crippen LogP contribution in [0.4, 0.5) is 4.39 Å². The van der Waals surface area contributed by atoms with Gasteiger partial charge < -0.3 is 5.11 Å². The van der Waals surface area contributed by atoms with Gasteiger partial charge in [0.2, 0.25) is 0 Å². The molecule has 0 spiro atoms. The van der Waals surface area contributed by atoms with Gasteiger partial charge in [0.25, 0.3) is 0 Å². The lowest BCUT2D eigenvalue weighted by molar-refractivity contribution is 0.0595. The number of hydrogen-bond acceptors (Lipinski definition) is 2. The van der Waals surface area contributed by atoms with E-state index in [1.165, 1.54) is 6.07 Å². The highest BCUT2D eigenvalue weighted by atomic mass is 35.5. The van der Waals surface area contributed by atoms with E-state index in [0.29, 0.717) is 23.0 Å². The molecule has 100 valence electrons. The van der Waals surface area contributed by atoms with E-state index in [2.05, 4.69) is 4.90 Å². The first-order chi connectivity index (χ1) is 8.56. The van der Waals surface area contributed by atoms with Crippen molar-refractivity contribution in [3.63, 3.8) is 0 Å². The summed E-state index contributed by atoms with van der Waals surface area (Å²) in [6.45, 7) is 4.22. The van der Waals surface area contributed by atoms with Crippen LogP contribution in [0, 0.1) is 11.7 Å². The summed E-state index contributed by atoms with van der Waals surface area (Å²) in [5, 5.41) is 10.1. The van der Waals surface area contributed by atoms with Crippen molar-refractivity contribution < 1.29 is 9.50 Å². The van der Waals surface area contributed by atoms with Crippen LogP contribution in [0.1, 0.15) is 25.3 Å². The van der Waals surface area contributed by atoms with E-state index < -0.39 is 0 Å². The first kappa shape index (κ1) is 13.8. The molecule has 1 heterocycles. The molecule has 0 aromatic heterocycles. The molecule has 18 heavy (non-hydrogen) atoms. The molecule has 1 N–H and O–H groups in total. The molecule has 0 bridgehead atoms. The van der Waals surface area contributed by atoms with Gasteiger partial charge in [-0.2, -0.15) is 0 Å². The van der Waals surface area contributed by atoms with Gasteiger partial charge in [-0.15, -0.1) is 0 Å². The van der Waals surface area contributed by atoms with Gasteiger partial charge in [0, 0.05) is 23.7 Å². The molecule has 2 rings (SSSR count). The fourth-order valence-electron chi connectivity index (χ4n) is 2.52. The van der Waals surface area contributed by atoms with E-state index in [-0.39, 0.29) is 11.9 Å². The maximum atomic E-state index is 13.7. The predicted octanol–water partition coefficient (Wildman–Crippen LogP) is 3.07. The van der Waals surface area contributed by atoms with Gasteiger partial charge in [0.1, 0.15) is 5.82 Å². The quantitative estimate of drug-likeness (QED) is 0.913. The number of aliphatic hydroxyl groups is 1. The van der Waals surface area contributed by atoms with Crippen molar-refractivity contribution in [1.82, 2.24) is 4.90 Å². The lowest BCUT2D eigenvalue weighted by Gasteiger charge is -2.34. The van der Waals surface area contributed by atoms with Crippen LogP contribution in [-0.4, -0.2) is 29.2 Å². The second-order valence-electron chi connectivity index (χ2n) is 5.11. The molecule has 2 nitrogen and oxygen atoms in total. The second kappa shape index (κ2) is 6.00. The van der Waals surface area contributed by atoms with Gasteiger partial charge in [-0.1, -0.05) is 17.7 Å². The van der Waals surface area contributed by atoms with E-state index in [0.717, 1.165) is 25.9 Å². The molecule has 0 amide bonds. The highest BCUT2D eigenvalue weighted by Crippen LogP contribution is 2.23. The number of benzene rings is 1. The summed E-state index contributed by atoms with van der Waals surface area (Å²) in [6, 6.07) is 4.81. The number of hydrogen-bond donors (Lipinski definition) is 1. The van der Waals surface area contributed by atoms with Crippen molar-refractivity contribution in [1.29, 1.82) is 0 Å². The van der Waals surface area contributed by atoms with E-state index in [9.17, 15) is 9.50 Å². The Morgan fingerprint density at radius 1 is 1.56 bits per heavy atom. The molecule has 0 saturated carbocycles. The summed E-state index contributed by atoms with van der Waals surface area (Å²) in [7, 11) is 0. The number of likely N-dealkylation sites (tertiary alicyclic amines) is 1. The van der Waals surface area contributed by atoms with E-state index in [1.54, 1.807) is 12.1 Å².